The zero-order valence-electron chi connectivity index (χ0n) is 21.6. The van der Waals surface area contributed by atoms with Crippen LogP contribution in [-0.4, -0.2) is 25.3 Å². The molecule has 0 aliphatic heterocycles. The molecule has 3 nitrogen and oxygen atoms in total. The van der Waals surface area contributed by atoms with E-state index < -0.39 is 0 Å². The minimum atomic E-state index is 0.522. The van der Waals surface area contributed by atoms with E-state index in [-0.39, 0.29) is 0 Å². The third-order valence-corrected chi connectivity index (χ3v) is 12.5. The van der Waals surface area contributed by atoms with E-state index in [2.05, 4.69) is 37.9 Å². The van der Waals surface area contributed by atoms with E-state index in [1.54, 1.807) is 7.11 Å². The Balaban J connectivity index is 1.18. The van der Waals surface area contributed by atoms with Crippen LogP contribution in [0.4, 0.5) is 0 Å². The van der Waals surface area contributed by atoms with Crippen molar-refractivity contribution in [1.82, 2.24) is 4.98 Å². The van der Waals surface area contributed by atoms with E-state index >= 15 is 0 Å². The molecule has 0 bridgehead atoms. The average molecular weight is 452 g/mol. The van der Waals surface area contributed by atoms with Crippen molar-refractivity contribution in [2.24, 2.45) is 51.8 Å². The molecule has 6 rings (SSSR count). The van der Waals surface area contributed by atoms with Crippen LogP contribution in [0.3, 0.4) is 0 Å². The molecule has 0 saturated heterocycles. The van der Waals surface area contributed by atoms with Gasteiger partial charge in [-0.15, -0.1) is 0 Å². The topological polar surface area (TPSA) is 31.4 Å². The van der Waals surface area contributed by atoms with Gasteiger partial charge in [0.05, 0.1) is 19.4 Å². The molecule has 0 aromatic carbocycles. The fourth-order valence-corrected chi connectivity index (χ4v) is 10.8. The number of pyridine rings is 1. The van der Waals surface area contributed by atoms with Crippen molar-refractivity contribution in [1.29, 1.82) is 0 Å². The summed E-state index contributed by atoms with van der Waals surface area (Å²) in [6.45, 7) is 7.92. The summed E-state index contributed by atoms with van der Waals surface area (Å²) < 4.78 is 11.6. The van der Waals surface area contributed by atoms with Crippen LogP contribution < -0.4 is 4.74 Å². The molecule has 33 heavy (non-hydrogen) atoms. The van der Waals surface area contributed by atoms with Gasteiger partial charge in [-0.05, 0) is 123 Å². The van der Waals surface area contributed by atoms with Gasteiger partial charge in [0.2, 0.25) is 0 Å². The summed E-state index contributed by atoms with van der Waals surface area (Å²) in [5.41, 5.74) is 2.83. The number of ether oxygens (including phenoxy) is 2. The summed E-state index contributed by atoms with van der Waals surface area (Å²) in [4.78, 5) is 4.63. The third-order valence-electron chi connectivity index (χ3n) is 12.5. The van der Waals surface area contributed by atoms with Crippen LogP contribution in [0.2, 0.25) is 0 Å². The van der Waals surface area contributed by atoms with E-state index in [4.69, 9.17) is 9.47 Å². The maximum absolute atomic E-state index is 6.31. The summed E-state index contributed by atoms with van der Waals surface area (Å²) in [6, 6.07) is 4.20. The van der Waals surface area contributed by atoms with E-state index in [9.17, 15) is 0 Å². The quantitative estimate of drug-likeness (QED) is 0.469. The maximum atomic E-state index is 6.31. The predicted octanol–water partition coefficient (Wildman–Crippen LogP) is 6.94. The number of nitrogens with zero attached hydrogens (tertiary/aromatic N) is 1. The molecule has 1 heterocycles. The highest BCUT2D eigenvalue weighted by atomic mass is 16.5. The molecule has 1 aromatic rings. The Bertz CT molecular complexity index is 884. The van der Waals surface area contributed by atoms with E-state index in [0.29, 0.717) is 22.3 Å². The molecule has 5 fully saturated rings. The molecule has 5 aliphatic rings. The minimum Gasteiger partial charge on any atom is -0.495 e. The van der Waals surface area contributed by atoms with Crippen molar-refractivity contribution in [2.45, 2.75) is 91.1 Å². The first-order chi connectivity index (χ1) is 15.9. The van der Waals surface area contributed by atoms with Crippen LogP contribution in [0.5, 0.6) is 5.75 Å². The van der Waals surface area contributed by atoms with Crippen LogP contribution in [0.25, 0.3) is 0 Å². The average Bonchev–Trinajstić information content (AvgIpc) is 3.33. The second kappa shape index (κ2) is 7.70. The third kappa shape index (κ3) is 2.99. The molecule has 0 N–H and O–H groups in total. The second-order valence-corrected chi connectivity index (χ2v) is 13.2. The van der Waals surface area contributed by atoms with Crippen LogP contribution in [0, 0.1) is 51.8 Å². The largest absolute Gasteiger partial charge is 0.495 e. The normalized spacial score (nSPS) is 48.4. The lowest BCUT2D eigenvalue weighted by Crippen LogP contribution is -2.57. The van der Waals surface area contributed by atoms with Crippen LogP contribution in [-0.2, 0) is 11.2 Å². The Morgan fingerprint density at radius 3 is 2.61 bits per heavy atom. The van der Waals surface area contributed by atoms with Gasteiger partial charge < -0.3 is 9.47 Å². The molecule has 1 spiro atoms. The SMILES string of the molecule is COc1ccc(CC[C@@H](C)[C@H]2CC[C@H]3[C@@H]4CC(OC)[C@]56C[C@H]5CC[C@]6(C)[C@H]4CC[C@]23C)nc1. The Morgan fingerprint density at radius 2 is 1.91 bits per heavy atom. The van der Waals surface area contributed by atoms with Crippen molar-refractivity contribution in [3.8, 4) is 5.75 Å². The van der Waals surface area contributed by atoms with Crippen molar-refractivity contribution >= 4 is 0 Å². The van der Waals surface area contributed by atoms with Gasteiger partial charge in [0.15, 0.2) is 0 Å². The predicted molar refractivity (Wildman–Crippen MR) is 132 cm³/mol. The zero-order valence-corrected chi connectivity index (χ0v) is 21.6. The Kier molecular flexibility index (Phi) is 5.22. The summed E-state index contributed by atoms with van der Waals surface area (Å²) >= 11 is 0. The van der Waals surface area contributed by atoms with Gasteiger partial charge in [0, 0.05) is 18.2 Å². The number of aromatic nitrogens is 1. The van der Waals surface area contributed by atoms with Crippen molar-refractivity contribution in [3.05, 3.63) is 24.0 Å². The number of hydrogen-bond donors (Lipinski definition) is 0. The molecule has 1 aromatic heterocycles. The van der Waals surface area contributed by atoms with Crippen LogP contribution in [0.15, 0.2) is 18.3 Å². The Morgan fingerprint density at radius 1 is 1.06 bits per heavy atom. The second-order valence-electron chi connectivity index (χ2n) is 13.2. The molecule has 0 amide bonds. The molecule has 182 valence electrons. The van der Waals surface area contributed by atoms with E-state index in [1.165, 1.54) is 63.5 Å². The maximum Gasteiger partial charge on any atom is 0.137 e. The summed E-state index contributed by atoms with van der Waals surface area (Å²) in [5, 5.41) is 0. The molecule has 1 unspecified atom stereocenters. The van der Waals surface area contributed by atoms with Crippen molar-refractivity contribution in [2.75, 3.05) is 14.2 Å². The van der Waals surface area contributed by atoms with Crippen LogP contribution >= 0.6 is 0 Å². The Hall–Kier alpha value is -1.09. The summed E-state index contributed by atoms with van der Waals surface area (Å²) in [5.74, 6) is 6.21. The van der Waals surface area contributed by atoms with Gasteiger partial charge in [-0.2, -0.15) is 0 Å². The highest BCUT2D eigenvalue weighted by Crippen LogP contribution is 2.82. The van der Waals surface area contributed by atoms with Gasteiger partial charge in [-0.1, -0.05) is 20.8 Å². The van der Waals surface area contributed by atoms with Gasteiger partial charge in [-0.3, -0.25) is 4.98 Å². The first-order valence-corrected chi connectivity index (χ1v) is 13.9. The highest BCUT2D eigenvalue weighted by molar-refractivity contribution is 5.26. The molecular formula is C30H45NO2. The fraction of sp³-hybridized carbons (Fsp3) is 0.833. The van der Waals surface area contributed by atoms with E-state index in [0.717, 1.165) is 47.7 Å². The highest BCUT2D eigenvalue weighted by Gasteiger charge is 2.77. The summed E-state index contributed by atoms with van der Waals surface area (Å²) in [6.07, 6.45) is 16.3. The van der Waals surface area contributed by atoms with Gasteiger partial charge in [-0.25, -0.2) is 0 Å². The lowest BCUT2D eigenvalue weighted by Gasteiger charge is -2.61. The Labute approximate surface area is 201 Å². The smallest absolute Gasteiger partial charge is 0.137 e. The van der Waals surface area contributed by atoms with E-state index in [1.807, 2.05) is 13.3 Å². The fourth-order valence-electron chi connectivity index (χ4n) is 10.8. The minimum absolute atomic E-state index is 0.522. The zero-order chi connectivity index (χ0) is 23.0. The number of methoxy groups -OCH3 is 2. The molecular weight excluding hydrogens is 406 g/mol. The first-order valence-electron chi connectivity index (χ1n) is 13.9. The summed E-state index contributed by atoms with van der Waals surface area (Å²) in [7, 11) is 3.73. The molecule has 10 atom stereocenters. The molecule has 5 aliphatic carbocycles. The lowest BCUT2D eigenvalue weighted by atomic mass is 9.45. The number of rotatable bonds is 6. The number of fused-ring (bicyclic) bond motifs is 4. The molecule has 5 saturated carbocycles. The molecule has 0 radical (unpaired) electrons. The van der Waals surface area contributed by atoms with Crippen molar-refractivity contribution in [3.63, 3.8) is 0 Å². The molecule has 3 heteroatoms. The number of hydrogen-bond acceptors (Lipinski definition) is 3. The van der Waals surface area contributed by atoms with Gasteiger partial charge >= 0.3 is 0 Å². The monoisotopic (exact) mass is 451 g/mol. The number of aryl methyl sites for hydroxylation is 1. The van der Waals surface area contributed by atoms with Gasteiger partial charge in [0.25, 0.3) is 0 Å². The first kappa shape index (κ1) is 22.4. The standard InChI is InChI=1S/C30H45NO2/c1-19(6-7-21-8-9-22(32-4)18-31-21)24-10-11-25-23-16-27(33-5)30-17-20(30)12-15-29(30,3)26(23)13-14-28(24,25)2/h8-9,18-20,23-27H,6-7,10-17H2,1-5H3/t19-,20-,23+,24-,25+,26+,27?,28-,29-,30+/m1/s1. The van der Waals surface area contributed by atoms with Gasteiger partial charge in [0.1, 0.15) is 5.75 Å². The lowest BCUT2D eigenvalue weighted by molar-refractivity contribution is -0.161. The van der Waals surface area contributed by atoms with Crippen molar-refractivity contribution < 1.29 is 9.47 Å². The van der Waals surface area contributed by atoms with Crippen LogP contribution in [0.1, 0.15) is 84.3 Å².